The Morgan fingerprint density at radius 1 is 1.05 bits per heavy atom. The third kappa shape index (κ3) is 2.92. The maximum absolute atomic E-state index is 12.0. The molecule has 0 aliphatic rings. The third-order valence-electron chi connectivity index (χ3n) is 2.65. The minimum Gasteiger partial charge on any atom is -0.508 e. The SMILES string of the molecule is O=C(/C=C/c1ccccc1Cl)c1c(O)cc(O)cc1O. The largest absolute Gasteiger partial charge is 0.508 e. The Morgan fingerprint density at radius 2 is 1.65 bits per heavy atom. The van der Waals surface area contributed by atoms with E-state index in [1.165, 1.54) is 12.2 Å². The van der Waals surface area contributed by atoms with Gasteiger partial charge in [0, 0.05) is 17.2 Å². The monoisotopic (exact) mass is 290 g/mol. The highest BCUT2D eigenvalue weighted by atomic mass is 35.5. The van der Waals surface area contributed by atoms with Crippen molar-refractivity contribution in [2.45, 2.75) is 0 Å². The summed E-state index contributed by atoms with van der Waals surface area (Å²) in [4.78, 5) is 12.0. The second kappa shape index (κ2) is 5.67. The van der Waals surface area contributed by atoms with E-state index in [-0.39, 0.29) is 11.3 Å². The first-order valence-corrected chi connectivity index (χ1v) is 6.08. The lowest BCUT2D eigenvalue weighted by atomic mass is 10.1. The maximum atomic E-state index is 12.0. The van der Waals surface area contributed by atoms with Crippen LogP contribution in [0.3, 0.4) is 0 Å². The van der Waals surface area contributed by atoms with Crippen molar-refractivity contribution in [3.05, 3.63) is 58.6 Å². The van der Waals surface area contributed by atoms with Gasteiger partial charge in [-0.15, -0.1) is 0 Å². The van der Waals surface area contributed by atoms with Crippen LogP contribution in [0.25, 0.3) is 6.08 Å². The van der Waals surface area contributed by atoms with E-state index in [0.717, 1.165) is 12.1 Å². The molecule has 0 aromatic heterocycles. The smallest absolute Gasteiger partial charge is 0.193 e. The summed E-state index contributed by atoms with van der Waals surface area (Å²) in [6.45, 7) is 0. The van der Waals surface area contributed by atoms with Gasteiger partial charge in [0.2, 0.25) is 0 Å². The fraction of sp³-hybridized carbons (Fsp3) is 0. The molecule has 20 heavy (non-hydrogen) atoms. The van der Waals surface area contributed by atoms with Crippen molar-refractivity contribution >= 4 is 23.5 Å². The number of allylic oxidation sites excluding steroid dienone is 1. The number of phenols is 3. The molecule has 2 aromatic rings. The number of carbonyl (C=O) groups is 1. The Morgan fingerprint density at radius 3 is 2.25 bits per heavy atom. The van der Waals surface area contributed by atoms with Crippen LogP contribution in [0, 0.1) is 0 Å². The average molecular weight is 291 g/mol. The minimum atomic E-state index is -0.597. The summed E-state index contributed by atoms with van der Waals surface area (Å²) < 4.78 is 0. The highest BCUT2D eigenvalue weighted by Gasteiger charge is 2.15. The number of benzene rings is 2. The molecular formula is C15H11ClO4. The third-order valence-corrected chi connectivity index (χ3v) is 2.99. The van der Waals surface area contributed by atoms with Gasteiger partial charge in [0.15, 0.2) is 5.78 Å². The van der Waals surface area contributed by atoms with Crippen LogP contribution in [-0.4, -0.2) is 21.1 Å². The Bertz CT molecular complexity index is 669. The molecule has 0 fully saturated rings. The van der Waals surface area contributed by atoms with Crippen LogP contribution in [0.5, 0.6) is 17.2 Å². The number of halogens is 1. The molecule has 0 amide bonds. The van der Waals surface area contributed by atoms with E-state index in [9.17, 15) is 20.1 Å². The van der Waals surface area contributed by atoms with Gasteiger partial charge in [-0.25, -0.2) is 0 Å². The summed E-state index contributed by atoms with van der Waals surface area (Å²) in [5, 5.41) is 28.8. The summed E-state index contributed by atoms with van der Waals surface area (Å²) in [6, 6.07) is 8.90. The van der Waals surface area contributed by atoms with Gasteiger partial charge in [0.25, 0.3) is 0 Å². The molecule has 2 rings (SSSR count). The molecule has 0 bridgehead atoms. The average Bonchev–Trinajstić information content (AvgIpc) is 2.36. The van der Waals surface area contributed by atoms with Crippen molar-refractivity contribution in [3.8, 4) is 17.2 Å². The summed E-state index contributed by atoms with van der Waals surface area (Å²) in [5.74, 6) is -1.90. The Hall–Kier alpha value is -2.46. The van der Waals surface area contributed by atoms with Gasteiger partial charge in [0.05, 0.1) is 0 Å². The molecule has 4 nitrogen and oxygen atoms in total. The zero-order valence-corrected chi connectivity index (χ0v) is 11.0. The highest BCUT2D eigenvalue weighted by molar-refractivity contribution is 6.32. The Balaban J connectivity index is 2.32. The lowest BCUT2D eigenvalue weighted by molar-refractivity contribution is 0.104. The highest BCUT2D eigenvalue weighted by Crippen LogP contribution is 2.32. The topological polar surface area (TPSA) is 77.8 Å². The van der Waals surface area contributed by atoms with Gasteiger partial charge in [-0.2, -0.15) is 0 Å². The molecule has 0 spiro atoms. The number of rotatable bonds is 3. The second-order valence-electron chi connectivity index (χ2n) is 4.08. The van der Waals surface area contributed by atoms with Crippen LogP contribution in [-0.2, 0) is 0 Å². The molecule has 3 N–H and O–H groups in total. The number of hydrogen-bond donors (Lipinski definition) is 3. The van der Waals surface area contributed by atoms with Crippen LogP contribution < -0.4 is 0 Å². The minimum absolute atomic E-state index is 0.272. The van der Waals surface area contributed by atoms with E-state index in [1.807, 2.05) is 0 Å². The summed E-state index contributed by atoms with van der Waals surface area (Å²) >= 11 is 5.94. The molecule has 0 radical (unpaired) electrons. The number of carbonyl (C=O) groups excluding carboxylic acids is 1. The van der Waals surface area contributed by atoms with E-state index in [0.29, 0.717) is 10.6 Å². The van der Waals surface area contributed by atoms with E-state index < -0.39 is 17.3 Å². The number of aromatic hydroxyl groups is 3. The first kappa shape index (κ1) is 14.0. The van der Waals surface area contributed by atoms with Gasteiger partial charge in [-0.3, -0.25) is 4.79 Å². The van der Waals surface area contributed by atoms with Crippen molar-refractivity contribution in [1.82, 2.24) is 0 Å². The molecule has 0 unspecified atom stereocenters. The first-order chi connectivity index (χ1) is 9.49. The Labute approximate surface area is 120 Å². The number of phenolic OH excluding ortho intramolecular Hbond substituents is 3. The van der Waals surface area contributed by atoms with Gasteiger partial charge in [0.1, 0.15) is 22.8 Å². The lowest BCUT2D eigenvalue weighted by Crippen LogP contribution is -1.95. The molecule has 0 atom stereocenters. The van der Waals surface area contributed by atoms with Crippen LogP contribution in [0.15, 0.2) is 42.5 Å². The van der Waals surface area contributed by atoms with Gasteiger partial charge in [-0.05, 0) is 23.8 Å². The van der Waals surface area contributed by atoms with Crippen LogP contribution in [0.2, 0.25) is 5.02 Å². The van der Waals surface area contributed by atoms with Crippen LogP contribution in [0.4, 0.5) is 0 Å². The van der Waals surface area contributed by atoms with Gasteiger partial charge in [-0.1, -0.05) is 29.8 Å². The van der Waals surface area contributed by atoms with E-state index >= 15 is 0 Å². The van der Waals surface area contributed by atoms with E-state index in [4.69, 9.17) is 11.6 Å². The molecule has 0 saturated heterocycles. The predicted octanol–water partition coefficient (Wildman–Crippen LogP) is 3.35. The normalized spacial score (nSPS) is 10.8. The summed E-state index contributed by atoms with van der Waals surface area (Å²) in [5.41, 5.74) is 0.367. The van der Waals surface area contributed by atoms with Crippen molar-refractivity contribution < 1.29 is 20.1 Å². The quantitative estimate of drug-likeness (QED) is 0.598. The molecule has 2 aromatic carbocycles. The first-order valence-electron chi connectivity index (χ1n) is 5.71. The number of hydrogen-bond acceptors (Lipinski definition) is 4. The summed E-state index contributed by atoms with van der Waals surface area (Å²) in [6.07, 6.45) is 2.67. The standard InChI is InChI=1S/C15H11ClO4/c16-11-4-2-1-3-9(11)5-6-12(18)15-13(19)7-10(17)8-14(15)20/h1-8,17,19-20H/b6-5+. The molecule has 0 aliphatic heterocycles. The molecule has 5 heteroatoms. The zero-order valence-electron chi connectivity index (χ0n) is 10.2. The van der Waals surface area contributed by atoms with Gasteiger partial charge >= 0.3 is 0 Å². The van der Waals surface area contributed by atoms with Crippen LogP contribution >= 0.6 is 11.6 Å². The molecule has 102 valence electrons. The Kier molecular flexibility index (Phi) is 3.96. The number of ketones is 1. The van der Waals surface area contributed by atoms with E-state index in [2.05, 4.69) is 0 Å². The fourth-order valence-electron chi connectivity index (χ4n) is 1.71. The van der Waals surface area contributed by atoms with Crippen molar-refractivity contribution in [2.75, 3.05) is 0 Å². The predicted molar refractivity (Wildman–Crippen MR) is 76.3 cm³/mol. The molecule has 0 aliphatic carbocycles. The van der Waals surface area contributed by atoms with Gasteiger partial charge < -0.3 is 15.3 Å². The lowest BCUT2D eigenvalue weighted by Gasteiger charge is -2.04. The fourth-order valence-corrected chi connectivity index (χ4v) is 1.91. The second-order valence-corrected chi connectivity index (χ2v) is 4.49. The molecule has 0 heterocycles. The van der Waals surface area contributed by atoms with E-state index in [1.54, 1.807) is 24.3 Å². The van der Waals surface area contributed by atoms with Crippen LogP contribution in [0.1, 0.15) is 15.9 Å². The summed E-state index contributed by atoms with van der Waals surface area (Å²) in [7, 11) is 0. The van der Waals surface area contributed by atoms with Crippen molar-refractivity contribution in [2.24, 2.45) is 0 Å². The molecular weight excluding hydrogens is 280 g/mol. The van der Waals surface area contributed by atoms with Crippen molar-refractivity contribution in [3.63, 3.8) is 0 Å². The molecule has 0 saturated carbocycles. The maximum Gasteiger partial charge on any atom is 0.193 e. The van der Waals surface area contributed by atoms with Crippen molar-refractivity contribution in [1.29, 1.82) is 0 Å². The zero-order chi connectivity index (χ0) is 14.7.